The molecule has 1 aliphatic heterocycles. The number of aromatic nitrogens is 3. The Morgan fingerprint density at radius 1 is 1.21 bits per heavy atom. The summed E-state index contributed by atoms with van der Waals surface area (Å²) in [5, 5.41) is 0. The minimum absolute atomic E-state index is 0.00676. The number of anilines is 1. The highest BCUT2D eigenvalue weighted by Gasteiger charge is 2.34. The first kappa shape index (κ1) is 24.5. The van der Waals surface area contributed by atoms with E-state index in [1.54, 1.807) is 11.8 Å². The van der Waals surface area contributed by atoms with Crippen molar-refractivity contribution < 1.29 is 31.1 Å². The molecule has 3 heterocycles. The van der Waals surface area contributed by atoms with Crippen LogP contribution < -0.4 is 10.5 Å². The summed E-state index contributed by atoms with van der Waals surface area (Å²) in [7, 11) is -3.40. The van der Waals surface area contributed by atoms with Crippen LogP contribution in [0, 0.1) is 0 Å². The summed E-state index contributed by atoms with van der Waals surface area (Å²) in [5.41, 5.74) is -2.35. The van der Waals surface area contributed by atoms with Crippen molar-refractivity contribution in [1.29, 1.82) is 0 Å². The molecule has 0 spiro atoms. The zero-order valence-electron chi connectivity index (χ0n) is 17.8. The number of hydrogen-bond acceptors (Lipinski definition) is 8. The number of ether oxygens (including phenoxy) is 1. The number of carbonyl (C=O) groups excluding carboxylic acids is 1. The van der Waals surface area contributed by atoms with Crippen molar-refractivity contribution in [2.24, 2.45) is 0 Å². The number of carbonyl (C=O) groups is 1. The minimum Gasteiger partial charge on any atom is -0.446 e. The van der Waals surface area contributed by atoms with E-state index in [2.05, 4.69) is 15.0 Å². The molecule has 0 aromatic carbocycles. The van der Waals surface area contributed by atoms with Crippen LogP contribution in [0.2, 0.25) is 0 Å². The lowest BCUT2D eigenvalue weighted by Crippen LogP contribution is -2.50. The standard InChI is InChI=1S/C19H22F3N5O5S/c1-12(7-13-8-15(19(20,21)22)16(28)23-9-13)32-18(29)27-5-3-26(4-6-27)17-24-10-14(11-25-17)33(2,30)31/h8-12H,3-7H2,1-2H3,(H,23,28)/t12-/m0/s1. The summed E-state index contributed by atoms with van der Waals surface area (Å²) >= 11 is 0. The maximum absolute atomic E-state index is 12.9. The third kappa shape index (κ3) is 6.21. The number of sulfone groups is 1. The normalized spacial score (nSPS) is 15.9. The fourth-order valence-electron chi connectivity index (χ4n) is 3.23. The lowest BCUT2D eigenvalue weighted by Gasteiger charge is -2.34. The summed E-state index contributed by atoms with van der Waals surface area (Å²) in [4.78, 5) is 37.2. The van der Waals surface area contributed by atoms with Gasteiger partial charge in [0.1, 0.15) is 16.6 Å². The molecular weight excluding hydrogens is 467 g/mol. The number of hydrogen-bond donors (Lipinski definition) is 1. The zero-order valence-corrected chi connectivity index (χ0v) is 18.6. The molecule has 0 saturated carbocycles. The van der Waals surface area contributed by atoms with Crippen LogP contribution in [0.4, 0.5) is 23.9 Å². The fourth-order valence-corrected chi connectivity index (χ4v) is 3.72. The van der Waals surface area contributed by atoms with Crippen molar-refractivity contribution in [3.8, 4) is 0 Å². The molecule has 2 aromatic heterocycles. The molecule has 2 aromatic rings. The van der Waals surface area contributed by atoms with Gasteiger partial charge in [0.2, 0.25) is 5.95 Å². The number of pyridine rings is 1. The van der Waals surface area contributed by atoms with Crippen LogP contribution in [0.5, 0.6) is 0 Å². The topological polar surface area (TPSA) is 126 Å². The molecule has 3 rings (SSSR count). The van der Waals surface area contributed by atoms with Crippen LogP contribution >= 0.6 is 0 Å². The van der Waals surface area contributed by atoms with Crippen molar-refractivity contribution in [3.63, 3.8) is 0 Å². The molecular formula is C19H22F3N5O5S. The van der Waals surface area contributed by atoms with Gasteiger partial charge in [-0.05, 0) is 18.6 Å². The van der Waals surface area contributed by atoms with E-state index in [-0.39, 0.29) is 16.9 Å². The van der Waals surface area contributed by atoms with E-state index in [0.29, 0.717) is 32.1 Å². The number of rotatable bonds is 5. The van der Waals surface area contributed by atoms with Gasteiger partial charge in [-0.1, -0.05) is 0 Å². The number of halogens is 3. The molecule has 0 aliphatic carbocycles. The van der Waals surface area contributed by atoms with Crippen molar-refractivity contribution in [3.05, 3.63) is 46.1 Å². The predicted molar refractivity (Wildman–Crippen MR) is 111 cm³/mol. The molecule has 1 saturated heterocycles. The molecule has 10 nitrogen and oxygen atoms in total. The smallest absolute Gasteiger partial charge is 0.421 e. The fraction of sp³-hybridized carbons (Fsp3) is 0.474. The Labute approximate surface area is 187 Å². The van der Waals surface area contributed by atoms with Gasteiger partial charge in [0, 0.05) is 45.1 Å². The lowest BCUT2D eigenvalue weighted by molar-refractivity contribution is -0.138. The van der Waals surface area contributed by atoms with Gasteiger partial charge >= 0.3 is 12.3 Å². The van der Waals surface area contributed by atoms with E-state index >= 15 is 0 Å². The Hall–Kier alpha value is -3.16. The van der Waals surface area contributed by atoms with Gasteiger partial charge in [-0.25, -0.2) is 23.2 Å². The highest BCUT2D eigenvalue weighted by molar-refractivity contribution is 7.90. The number of nitrogens with zero attached hydrogens (tertiary/aromatic N) is 4. The molecule has 1 amide bonds. The molecule has 0 bridgehead atoms. The summed E-state index contributed by atoms with van der Waals surface area (Å²) in [6.07, 6.45) is -1.46. The van der Waals surface area contributed by atoms with Gasteiger partial charge in [0.25, 0.3) is 5.56 Å². The molecule has 1 fully saturated rings. The summed E-state index contributed by atoms with van der Waals surface area (Å²) in [5.74, 6) is 0.335. The van der Waals surface area contributed by atoms with Crippen LogP contribution in [-0.4, -0.2) is 72.9 Å². The Bertz CT molecular complexity index is 1160. The maximum atomic E-state index is 12.9. The van der Waals surface area contributed by atoms with Crippen molar-refractivity contribution in [1.82, 2.24) is 19.9 Å². The molecule has 1 atom stereocenters. The Balaban J connectivity index is 1.53. The molecule has 0 radical (unpaired) electrons. The van der Waals surface area contributed by atoms with Gasteiger partial charge in [-0.2, -0.15) is 13.2 Å². The number of amides is 1. The summed E-state index contributed by atoms with van der Waals surface area (Å²) in [6, 6.07) is 0.747. The van der Waals surface area contributed by atoms with E-state index in [9.17, 15) is 31.2 Å². The third-order valence-electron chi connectivity index (χ3n) is 4.96. The average Bonchev–Trinajstić information content (AvgIpc) is 2.74. The van der Waals surface area contributed by atoms with Crippen molar-refractivity contribution in [2.75, 3.05) is 37.3 Å². The van der Waals surface area contributed by atoms with E-state index < -0.39 is 39.3 Å². The van der Waals surface area contributed by atoms with Crippen molar-refractivity contribution in [2.45, 2.75) is 30.5 Å². The summed E-state index contributed by atoms with van der Waals surface area (Å²) < 4.78 is 67.0. The Morgan fingerprint density at radius 3 is 2.36 bits per heavy atom. The van der Waals surface area contributed by atoms with Gasteiger partial charge in [0.05, 0.1) is 12.4 Å². The molecule has 0 unspecified atom stereocenters. The number of aromatic amines is 1. The molecule has 14 heteroatoms. The monoisotopic (exact) mass is 489 g/mol. The highest BCUT2D eigenvalue weighted by Crippen LogP contribution is 2.27. The Morgan fingerprint density at radius 2 is 1.82 bits per heavy atom. The van der Waals surface area contributed by atoms with E-state index in [0.717, 1.165) is 18.5 Å². The SMILES string of the molecule is C[C@@H](Cc1c[nH]c(=O)c(C(F)(F)F)c1)OC(=O)N1CCN(c2ncc(S(C)(=O)=O)cn2)CC1. The van der Waals surface area contributed by atoms with Crippen LogP contribution in [0.25, 0.3) is 0 Å². The van der Waals surface area contributed by atoms with Gasteiger partial charge in [-0.15, -0.1) is 0 Å². The average molecular weight is 489 g/mol. The number of H-pyrrole nitrogens is 1. The largest absolute Gasteiger partial charge is 0.446 e. The maximum Gasteiger partial charge on any atom is 0.421 e. The molecule has 33 heavy (non-hydrogen) atoms. The zero-order chi connectivity index (χ0) is 24.4. The second-order valence-corrected chi connectivity index (χ2v) is 9.63. The van der Waals surface area contributed by atoms with Gasteiger partial charge in [0.15, 0.2) is 9.84 Å². The lowest BCUT2D eigenvalue weighted by atomic mass is 10.1. The molecule has 1 N–H and O–H groups in total. The first-order valence-corrected chi connectivity index (χ1v) is 11.7. The van der Waals surface area contributed by atoms with Crippen LogP contribution in [0.1, 0.15) is 18.1 Å². The van der Waals surface area contributed by atoms with E-state index in [1.807, 2.05) is 0 Å². The number of piperazine rings is 1. The van der Waals surface area contributed by atoms with E-state index in [4.69, 9.17) is 4.74 Å². The molecule has 180 valence electrons. The second kappa shape index (κ2) is 9.37. The van der Waals surface area contributed by atoms with Gasteiger partial charge < -0.3 is 19.5 Å². The Kier molecular flexibility index (Phi) is 6.95. The quantitative estimate of drug-likeness (QED) is 0.670. The second-order valence-electron chi connectivity index (χ2n) is 7.61. The number of nitrogens with one attached hydrogen (secondary N) is 1. The number of alkyl halides is 3. The summed E-state index contributed by atoms with van der Waals surface area (Å²) in [6.45, 7) is 2.90. The third-order valence-corrected chi connectivity index (χ3v) is 6.02. The first-order chi connectivity index (χ1) is 15.3. The van der Waals surface area contributed by atoms with Crippen molar-refractivity contribution >= 4 is 21.9 Å². The van der Waals surface area contributed by atoms with Gasteiger partial charge in [-0.3, -0.25) is 4.79 Å². The highest BCUT2D eigenvalue weighted by atomic mass is 32.2. The van der Waals surface area contributed by atoms with Crippen LogP contribution in [-0.2, 0) is 27.2 Å². The first-order valence-electron chi connectivity index (χ1n) is 9.86. The van der Waals surface area contributed by atoms with Crippen LogP contribution in [0.15, 0.2) is 34.3 Å². The predicted octanol–water partition coefficient (Wildman–Crippen LogP) is 1.48. The van der Waals surface area contributed by atoms with Crippen LogP contribution in [0.3, 0.4) is 0 Å². The minimum atomic E-state index is -4.78. The molecule has 1 aliphatic rings. The van der Waals surface area contributed by atoms with E-state index in [1.165, 1.54) is 17.3 Å².